The van der Waals surface area contributed by atoms with Gasteiger partial charge in [-0.25, -0.2) is 9.07 Å². The minimum Gasteiger partial charge on any atom is -0.399 e. The van der Waals surface area contributed by atoms with Crippen LogP contribution in [0.15, 0.2) is 18.2 Å². The largest absolute Gasteiger partial charge is 0.399 e. The van der Waals surface area contributed by atoms with E-state index in [-0.39, 0.29) is 11.9 Å². The molecule has 114 valence electrons. The fourth-order valence-electron chi connectivity index (χ4n) is 2.49. The Morgan fingerprint density at radius 1 is 1.24 bits per heavy atom. The summed E-state index contributed by atoms with van der Waals surface area (Å²) in [6, 6.07) is 4.67. The first-order chi connectivity index (χ1) is 10.2. The molecular weight excluding hydrogens is 269 g/mol. The number of rotatable bonds is 7. The molecular formula is C15H22FN5. The second-order valence-corrected chi connectivity index (χ2v) is 5.27. The Kier molecular flexibility index (Phi) is 5.25. The SMILES string of the molecule is CCCCC(CCC)n1nnnc1-c1cc(N)ccc1F. The topological polar surface area (TPSA) is 69.6 Å². The molecule has 6 heteroatoms. The molecule has 2 rings (SSSR count). The molecule has 0 bridgehead atoms. The monoisotopic (exact) mass is 291 g/mol. The Hall–Kier alpha value is -1.98. The molecule has 2 N–H and O–H groups in total. The lowest BCUT2D eigenvalue weighted by Gasteiger charge is -2.17. The second kappa shape index (κ2) is 7.15. The molecule has 1 aromatic carbocycles. The van der Waals surface area contributed by atoms with Gasteiger partial charge in [0.1, 0.15) is 5.82 Å². The maximum absolute atomic E-state index is 14.0. The highest BCUT2D eigenvalue weighted by Gasteiger charge is 2.20. The van der Waals surface area contributed by atoms with Gasteiger partial charge in [0.05, 0.1) is 11.6 Å². The minimum atomic E-state index is -0.356. The quantitative estimate of drug-likeness (QED) is 0.791. The fourth-order valence-corrected chi connectivity index (χ4v) is 2.49. The zero-order valence-corrected chi connectivity index (χ0v) is 12.6. The highest BCUT2D eigenvalue weighted by atomic mass is 19.1. The fraction of sp³-hybridized carbons (Fsp3) is 0.533. The molecule has 0 amide bonds. The summed E-state index contributed by atoms with van der Waals surface area (Å²) in [5, 5.41) is 11.8. The molecule has 1 unspecified atom stereocenters. The number of nitrogen functional groups attached to an aromatic ring is 1. The first-order valence-corrected chi connectivity index (χ1v) is 7.50. The number of unbranched alkanes of at least 4 members (excludes halogenated alkanes) is 1. The highest BCUT2D eigenvalue weighted by Crippen LogP contribution is 2.28. The lowest BCUT2D eigenvalue weighted by atomic mass is 10.0. The van der Waals surface area contributed by atoms with Crippen LogP contribution in [0.25, 0.3) is 11.4 Å². The van der Waals surface area contributed by atoms with Crippen molar-refractivity contribution >= 4 is 5.69 Å². The molecule has 1 atom stereocenters. The smallest absolute Gasteiger partial charge is 0.185 e. The second-order valence-electron chi connectivity index (χ2n) is 5.27. The number of hydrogen-bond acceptors (Lipinski definition) is 4. The van der Waals surface area contributed by atoms with Crippen molar-refractivity contribution in [1.29, 1.82) is 0 Å². The van der Waals surface area contributed by atoms with Crippen LogP contribution in [0.3, 0.4) is 0 Å². The summed E-state index contributed by atoms with van der Waals surface area (Å²) in [4.78, 5) is 0. The third-order valence-corrected chi connectivity index (χ3v) is 3.58. The van der Waals surface area contributed by atoms with E-state index in [1.54, 1.807) is 10.7 Å². The normalized spacial score (nSPS) is 12.5. The zero-order valence-electron chi connectivity index (χ0n) is 12.6. The highest BCUT2D eigenvalue weighted by molar-refractivity contribution is 5.61. The van der Waals surface area contributed by atoms with Crippen LogP contribution in [-0.2, 0) is 0 Å². The Morgan fingerprint density at radius 2 is 2.05 bits per heavy atom. The van der Waals surface area contributed by atoms with Gasteiger partial charge in [-0.3, -0.25) is 0 Å². The third-order valence-electron chi connectivity index (χ3n) is 3.58. The Bertz CT molecular complexity index is 581. The van der Waals surface area contributed by atoms with Crippen LogP contribution in [0, 0.1) is 5.82 Å². The number of benzene rings is 1. The van der Waals surface area contributed by atoms with E-state index in [9.17, 15) is 4.39 Å². The number of nitrogens with two attached hydrogens (primary N) is 1. The standard InChI is InChI=1S/C15H22FN5/c1-3-5-7-12(6-4-2)21-15(18-19-20-21)13-10-11(17)8-9-14(13)16/h8-10,12H,3-7,17H2,1-2H3. The van der Waals surface area contributed by atoms with Crippen LogP contribution in [0.4, 0.5) is 10.1 Å². The summed E-state index contributed by atoms with van der Waals surface area (Å²) in [6.07, 6.45) is 5.22. The molecule has 2 aromatic rings. The molecule has 0 aliphatic rings. The van der Waals surface area contributed by atoms with E-state index in [4.69, 9.17) is 5.73 Å². The zero-order chi connectivity index (χ0) is 15.2. The Morgan fingerprint density at radius 3 is 2.76 bits per heavy atom. The van der Waals surface area contributed by atoms with Gasteiger partial charge in [0, 0.05) is 5.69 Å². The van der Waals surface area contributed by atoms with Crippen LogP contribution < -0.4 is 5.73 Å². The predicted molar refractivity (Wildman–Crippen MR) is 81.1 cm³/mol. The first kappa shape index (κ1) is 15.4. The van der Waals surface area contributed by atoms with Crippen LogP contribution in [-0.4, -0.2) is 20.2 Å². The number of halogens is 1. The molecule has 0 aliphatic heterocycles. The Balaban J connectivity index is 2.38. The van der Waals surface area contributed by atoms with Gasteiger partial charge >= 0.3 is 0 Å². The minimum absolute atomic E-state index is 0.195. The summed E-state index contributed by atoms with van der Waals surface area (Å²) in [6.45, 7) is 4.28. The number of aromatic nitrogens is 4. The van der Waals surface area contributed by atoms with E-state index >= 15 is 0 Å². The molecule has 1 heterocycles. The van der Waals surface area contributed by atoms with Gasteiger partial charge in [-0.2, -0.15) is 0 Å². The average Bonchev–Trinajstić information content (AvgIpc) is 2.95. The van der Waals surface area contributed by atoms with Gasteiger partial charge in [-0.15, -0.1) is 5.10 Å². The van der Waals surface area contributed by atoms with Crippen LogP contribution in [0.2, 0.25) is 0 Å². The maximum atomic E-state index is 14.0. The van der Waals surface area contributed by atoms with Crippen LogP contribution in [0.1, 0.15) is 52.0 Å². The van der Waals surface area contributed by atoms with Gasteiger partial charge in [-0.05, 0) is 41.5 Å². The summed E-state index contributed by atoms with van der Waals surface area (Å²) < 4.78 is 15.8. The molecule has 0 saturated heterocycles. The first-order valence-electron chi connectivity index (χ1n) is 7.50. The molecule has 5 nitrogen and oxygen atoms in total. The summed E-state index contributed by atoms with van der Waals surface area (Å²) in [5.41, 5.74) is 6.61. The van der Waals surface area contributed by atoms with E-state index in [2.05, 4.69) is 29.4 Å². The van der Waals surface area contributed by atoms with E-state index in [0.29, 0.717) is 17.1 Å². The lowest BCUT2D eigenvalue weighted by molar-refractivity contribution is 0.379. The van der Waals surface area contributed by atoms with Gasteiger partial charge in [0.2, 0.25) is 0 Å². The van der Waals surface area contributed by atoms with E-state index in [1.807, 2.05) is 0 Å². The van der Waals surface area contributed by atoms with Crippen molar-refractivity contribution in [2.24, 2.45) is 0 Å². The third kappa shape index (κ3) is 3.56. The molecule has 0 saturated carbocycles. The number of tetrazole rings is 1. The lowest BCUT2D eigenvalue weighted by Crippen LogP contribution is -2.13. The predicted octanol–water partition coefficient (Wildman–Crippen LogP) is 3.59. The van der Waals surface area contributed by atoms with Crippen molar-refractivity contribution in [1.82, 2.24) is 20.2 Å². The van der Waals surface area contributed by atoms with Crippen LogP contribution in [0.5, 0.6) is 0 Å². The van der Waals surface area contributed by atoms with Gasteiger partial charge < -0.3 is 5.73 Å². The molecule has 0 aliphatic carbocycles. The van der Waals surface area contributed by atoms with Crippen molar-refractivity contribution < 1.29 is 4.39 Å². The van der Waals surface area contributed by atoms with Gasteiger partial charge in [0.25, 0.3) is 0 Å². The molecule has 21 heavy (non-hydrogen) atoms. The summed E-state index contributed by atoms with van der Waals surface area (Å²) in [5.74, 6) is 0.0975. The van der Waals surface area contributed by atoms with Crippen molar-refractivity contribution in [2.45, 2.75) is 52.0 Å². The number of nitrogens with zero attached hydrogens (tertiary/aromatic N) is 4. The van der Waals surface area contributed by atoms with E-state index in [1.165, 1.54) is 12.1 Å². The molecule has 0 fully saturated rings. The summed E-state index contributed by atoms with van der Waals surface area (Å²) >= 11 is 0. The van der Waals surface area contributed by atoms with E-state index in [0.717, 1.165) is 32.1 Å². The van der Waals surface area contributed by atoms with Gasteiger partial charge in [0.15, 0.2) is 5.82 Å². The number of anilines is 1. The van der Waals surface area contributed by atoms with Crippen molar-refractivity contribution in [3.05, 3.63) is 24.0 Å². The van der Waals surface area contributed by atoms with E-state index < -0.39 is 0 Å². The van der Waals surface area contributed by atoms with Crippen LogP contribution >= 0.6 is 0 Å². The van der Waals surface area contributed by atoms with Crippen molar-refractivity contribution in [3.8, 4) is 11.4 Å². The Labute approximate surface area is 124 Å². The van der Waals surface area contributed by atoms with Crippen molar-refractivity contribution in [3.63, 3.8) is 0 Å². The maximum Gasteiger partial charge on any atom is 0.185 e. The molecule has 0 spiro atoms. The summed E-state index contributed by atoms with van der Waals surface area (Å²) in [7, 11) is 0. The number of hydrogen-bond donors (Lipinski definition) is 1. The average molecular weight is 291 g/mol. The molecule has 1 aromatic heterocycles. The van der Waals surface area contributed by atoms with Crippen molar-refractivity contribution in [2.75, 3.05) is 5.73 Å². The van der Waals surface area contributed by atoms with Gasteiger partial charge in [-0.1, -0.05) is 33.1 Å². The molecule has 0 radical (unpaired) electrons.